The smallest absolute Gasteiger partial charge is 0.224 e. The summed E-state index contributed by atoms with van der Waals surface area (Å²) in [6, 6.07) is 4.50. The Morgan fingerprint density at radius 1 is 1.41 bits per heavy atom. The highest BCUT2D eigenvalue weighted by molar-refractivity contribution is 5.95. The first kappa shape index (κ1) is 10.4. The zero-order valence-electron chi connectivity index (χ0n) is 9.92. The molecule has 2 unspecified atom stereocenters. The standard InChI is InChI=1S/C13H17N3O/c1-7-4-10(7)15-12-5-8-2-3-13(17)16-11(8)6-9(12)14/h5-7,10,15H,2-4,14H2,1H3,(H,16,17). The molecule has 4 N–H and O–H groups in total. The number of rotatable bonds is 2. The normalized spacial score (nSPS) is 26.1. The van der Waals surface area contributed by atoms with Crippen LogP contribution in [0.1, 0.15) is 25.3 Å². The van der Waals surface area contributed by atoms with Crippen molar-refractivity contribution >= 4 is 23.0 Å². The molecule has 1 aliphatic carbocycles. The van der Waals surface area contributed by atoms with E-state index in [2.05, 4.69) is 23.6 Å². The van der Waals surface area contributed by atoms with Crippen molar-refractivity contribution in [2.45, 2.75) is 32.2 Å². The van der Waals surface area contributed by atoms with Gasteiger partial charge < -0.3 is 16.4 Å². The van der Waals surface area contributed by atoms with Crippen LogP contribution in [0.25, 0.3) is 0 Å². The number of carbonyl (C=O) groups excluding carboxylic acids is 1. The van der Waals surface area contributed by atoms with E-state index in [1.165, 1.54) is 12.0 Å². The molecule has 1 saturated carbocycles. The molecule has 0 radical (unpaired) electrons. The van der Waals surface area contributed by atoms with E-state index in [1.807, 2.05) is 6.07 Å². The molecule has 17 heavy (non-hydrogen) atoms. The first-order chi connectivity index (χ1) is 8.13. The van der Waals surface area contributed by atoms with Gasteiger partial charge in [-0.3, -0.25) is 4.79 Å². The molecular weight excluding hydrogens is 214 g/mol. The lowest BCUT2D eigenvalue weighted by Crippen LogP contribution is -2.19. The van der Waals surface area contributed by atoms with Crippen LogP contribution in [0.4, 0.5) is 17.1 Å². The van der Waals surface area contributed by atoms with Crippen LogP contribution in [0, 0.1) is 5.92 Å². The number of anilines is 3. The summed E-state index contributed by atoms with van der Waals surface area (Å²) in [4.78, 5) is 11.3. The fraction of sp³-hybridized carbons (Fsp3) is 0.462. The minimum atomic E-state index is 0.0772. The molecule has 0 saturated heterocycles. The van der Waals surface area contributed by atoms with Crippen LogP contribution in [0.15, 0.2) is 12.1 Å². The van der Waals surface area contributed by atoms with Crippen molar-refractivity contribution in [3.63, 3.8) is 0 Å². The number of hydrogen-bond donors (Lipinski definition) is 3. The van der Waals surface area contributed by atoms with Gasteiger partial charge in [-0.25, -0.2) is 0 Å². The Morgan fingerprint density at radius 2 is 2.18 bits per heavy atom. The van der Waals surface area contributed by atoms with E-state index < -0.39 is 0 Å². The second kappa shape index (κ2) is 3.65. The van der Waals surface area contributed by atoms with E-state index >= 15 is 0 Å². The fourth-order valence-corrected chi connectivity index (χ4v) is 2.29. The number of nitrogens with two attached hydrogens (primary N) is 1. The minimum absolute atomic E-state index is 0.0772. The van der Waals surface area contributed by atoms with Gasteiger partial charge in [0.25, 0.3) is 0 Å². The molecule has 1 aromatic rings. The number of benzene rings is 1. The van der Waals surface area contributed by atoms with Gasteiger partial charge in [0.15, 0.2) is 0 Å². The lowest BCUT2D eigenvalue weighted by molar-refractivity contribution is -0.116. The highest BCUT2D eigenvalue weighted by Crippen LogP contribution is 2.37. The third-order valence-electron chi connectivity index (χ3n) is 3.62. The average Bonchev–Trinajstić information content (AvgIpc) is 2.96. The molecule has 0 bridgehead atoms. The number of amides is 1. The molecule has 1 amide bonds. The molecule has 1 fully saturated rings. The minimum Gasteiger partial charge on any atom is -0.397 e. The van der Waals surface area contributed by atoms with Gasteiger partial charge in [0, 0.05) is 18.2 Å². The summed E-state index contributed by atoms with van der Waals surface area (Å²) in [6.45, 7) is 2.23. The second-order valence-electron chi connectivity index (χ2n) is 5.11. The first-order valence-electron chi connectivity index (χ1n) is 6.12. The lowest BCUT2D eigenvalue weighted by Gasteiger charge is -2.19. The van der Waals surface area contributed by atoms with Crippen molar-refractivity contribution in [2.24, 2.45) is 5.92 Å². The van der Waals surface area contributed by atoms with Crippen molar-refractivity contribution in [3.8, 4) is 0 Å². The van der Waals surface area contributed by atoms with Crippen LogP contribution in [0.2, 0.25) is 0 Å². The van der Waals surface area contributed by atoms with Crippen molar-refractivity contribution in [2.75, 3.05) is 16.4 Å². The van der Waals surface area contributed by atoms with Crippen LogP contribution in [-0.4, -0.2) is 11.9 Å². The second-order valence-corrected chi connectivity index (χ2v) is 5.11. The van der Waals surface area contributed by atoms with Gasteiger partial charge in [0.05, 0.1) is 11.4 Å². The summed E-state index contributed by atoms with van der Waals surface area (Å²) in [6.07, 6.45) is 2.58. The lowest BCUT2D eigenvalue weighted by atomic mass is 10.0. The van der Waals surface area contributed by atoms with Crippen LogP contribution < -0.4 is 16.4 Å². The summed E-state index contributed by atoms with van der Waals surface area (Å²) in [5.41, 5.74) is 9.76. The number of hydrogen-bond acceptors (Lipinski definition) is 3. The SMILES string of the molecule is CC1CC1Nc1cc2c(cc1N)NC(=O)CC2. The monoisotopic (exact) mass is 231 g/mol. The van der Waals surface area contributed by atoms with E-state index in [0.717, 1.165) is 23.7 Å². The van der Waals surface area contributed by atoms with Crippen LogP contribution in [0.5, 0.6) is 0 Å². The predicted octanol–water partition coefficient (Wildman–Crippen LogP) is 1.97. The number of nitrogens with one attached hydrogen (secondary N) is 2. The van der Waals surface area contributed by atoms with Crippen LogP contribution in [0.3, 0.4) is 0 Å². The van der Waals surface area contributed by atoms with Gasteiger partial charge in [0.2, 0.25) is 5.91 Å². The third kappa shape index (κ3) is 1.95. The van der Waals surface area contributed by atoms with Gasteiger partial charge >= 0.3 is 0 Å². The number of fused-ring (bicyclic) bond motifs is 1. The summed E-state index contributed by atoms with van der Waals surface area (Å²) in [5.74, 6) is 0.818. The molecule has 0 spiro atoms. The van der Waals surface area contributed by atoms with Gasteiger partial charge in [-0.1, -0.05) is 6.92 Å². The summed E-state index contributed by atoms with van der Waals surface area (Å²) in [5, 5.41) is 6.32. The Morgan fingerprint density at radius 3 is 2.88 bits per heavy atom. The Kier molecular flexibility index (Phi) is 2.24. The predicted molar refractivity (Wildman–Crippen MR) is 69.0 cm³/mol. The van der Waals surface area contributed by atoms with E-state index in [1.54, 1.807) is 0 Å². The van der Waals surface area contributed by atoms with E-state index in [-0.39, 0.29) is 5.91 Å². The molecule has 90 valence electrons. The van der Waals surface area contributed by atoms with E-state index in [0.29, 0.717) is 18.2 Å². The molecular formula is C13H17N3O. The molecule has 2 aliphatic rings. The number of nitrogen functional groups attached to an aromatic ring is 1. The Labute approximate surface area is 101 Å². The van der Waals surface area contributed by atoms with Crippen molar-refractivity contribution in [1.29, 1.82) is 0 Å². The van der Waals surface area contributed by atoms with E-state index in [9.17, 15) is 4.79 Å². The topological polar surface area (TPSA) is 67.2 Å². The number of aryl methyl sites for hydroxylation is 1. The summed E-state index contributed by atoms with van der Waals surface area (Å²) < 4.78 is 0. The van der Waals surface area contributed by atoms with Gasteiger partial charge in [-0.2, -0.15) is 0 Å². The Balaban J connectivity index is 1.88. The highest BCUT2D eigenvalue weighted by Gasteiger charge is 2.32. The van der Waals surface area contributed by atoms with Gasteiger partial charge in [0.1, 0.15) is 0 Å². The third-order valence-corrected chi connectivity index (χ3v) is 3.62. The quantitative estimate of drug-likeness (QED) is 0.682. The molecule has 1 aromatic carbocycles. The maximum atomic E-state index is 11.3. The zero-order chi connectivity index (χ0) is 12.0. The highest BCUT2D eigenvalue weighted by atomic mass is 16.1. The molecule has 1 aliphatic heterocycles. The zero-order valence-corrected chi connectivity index (χ0v) is 9.92. The first-order valence-corrected chi connectivity index (χ1v) is 6.12. The maximum absolute atomic E-state index is 11.3. The average molecular weight is 231 g/mol. The Bertz CT molecular complexity index is 484. The Hall–Kier alpha value is -1.71. The molecule has 4 heteroatoms. The summed E-state index contributed by atoms with van der Waals surface area (Å²) >= 11 is 0. The van der Waals surface area contributed by atoms with Crippen LogP contribution in [-0.2, 0) is 11.2 Å². The van der Waals surface area contributed by atoms with Crippen LogP contribution >= 0.6 is 0 Å². The largest absolute Gasteiger partial charge is 0.397 e. The molecule has 0 aromatic heterocycles. The van der Waals surface area contributed by atoms with Crippen molar-refractivity contribution in [1.82, 2.24) is 0 Å². The molecule has 4 nitrogen and oxygen atoms in total. The van der Waals surface area contributed by atoms with Crippen molar-refractivity contribution < 1.29 is 4.79 Å². The van der Waals surface area contributed by atoms with Gasteiger partial charge in [-0.05, 0) is 36.5 Å². The molecule has 2 atom stereocenters. The van der Waals surface area contributed by atoms with Crippen molar-refractivity contribution in [3.05, 3.63) is 17.7 Å². The fourth-order valence-electron chi connectivity index (χ4n) is 2.29. The van der Waals surface area contributed by atoms with E-state index in [4.69, 9.17) is 5.73 Å². The summed E-state index contributed by atoms with van der Waals surface area (Å²) in [7, 11) is 0. The number of carbonyl (C=O) groups is 1. The maximum Gasteiger partial charge on any atom is 0.224 e. The van der Waals surface area contributed by atoms with Gasteiger partial charge in [-0.15, -0.1) is 0 Å². The molecule has 1 heterocycles. The molecule has 3 rings (SSSR count).